The standard InChI is InChI=1S/C25H20N2/c1-19-16-17-24-25(18-19)27(21-12-6-3-7-13-21)23-15-9-8-14-22(23)26(24)20-10-4-2-5-11-20/h2-18H,1H3. The Morgan fingerprint density at radius 1 is 0.444 bits per heavy atom. The summed E-state index contributed by atoms with van der Waals surface area (Å²) in [7, 11) is 0. The molecule has 0 fully saturated rings. The highest BCUT2D eigenvalue weighted by atomic mass is 15.3. The first kappa shape index (κ1) is 15.7. The number of rotatable bonds is 2. The molecule has 0 aromatic heterocycles. The highest BCUT2D eigenvalue weighted by molar-refractivity contribution is 6.01. The van der Waals surface area contributed by atoms with Gasteiger partial charge in [-0.1, -0.05) is 54.6 Å². The van der Waals surface area contributed by atoms with Crippen LogP contribution < -0.4 is 9.80 Å². The fourth-order valence-electron chi connectivity index (χ4n) is 3.81. The van der Waals surface area contributed by atoms with E-state index >= 15 is 0 Å². The Balaban J connectivity index is 1.82. The van der Waals surface area contributed by atoms with Gasteiger partial charge in [-0.15, -0.1) is 0 Å². The van der Waals surface area contributed by atoms with Crippen LogP contribution in [0.2, 0.25) is 0 Å². The SMILES string of the molecule is Cc1ccc2c(c1)N(c1ccccc1)c1ccccc1N2c1ccccc1. The molecule has 27 heavy (non-hydrogen) atoms. The van der Waals surface area contributed by atoms with E-state index in [0.717, 1.165) is 0 Å². The van der Waals surface area contributed by atoms with Crippen LogP contribution in [-0.4, -0.2) is 0 Å². The molecule has 0 amide bonds. The fraction of sp³-hybridized carbons (Fsp3) is 0.0400. The molecule has 0 N–H and O–H groups in total. The Bertz CT molecular complexity index is 1090. The van der Waals surface area contributed by atoms with Crippen LogP contribution in [0.1, 0.15) is 5.56 Å². The number of hydrogen-bond donors (Lipinski definition) is 0. The van der Waals surface area contributed by atoms with Crippen molar-refractivity contribution in [1.29, 1.82) is 0 Å². The fourth-order valence-corrected chi connectivity index (χ4v) is 3.81. The zero-order valence-electron chi connectivity index (χ0n) is 15.2. The lowest BCUT2D eigenvalue weighted by Crippen LogP contribution is -2.24. The van der Waals surface area contributed by atoms with Gasteiger partial charge in [0.25, 0.3) is 0 Å². The molecule has 0 saturated heterocycles. The molecule has 1 heterocycles. The molecule has 1 aliphatic heterocycles. The summed E-state index contributed by atoms with van der Waals surface area (Å²) >= 11 is 0. The van der Waals surface area contributed by atoms with Gasteiger partial charge in [0.15, 0.2) is 0 Å². The summed E-state index contributed by atoms with van der Waals surface area (Å²) in [5, 5.41) is 0. The lowest BCUT2D eigenvalue weighted by atomic mass is 10.0. The molecule has 0 bridgehead atoms. The van der Waals surface area contributed by atoms with Gasteiger partial charge in [-0.3, -0.25) is 0 Å². The summed E-state index contributed by atoms with van der Waals surface area (Å²) in [5.74, 6) is 0. The number of benzene rings is 4. The number of fused-ring (bicyclic) bond motifs is 2. The molecular weight excluding hydrogens is 328 g/mol. The second-order valence-electron chi connectivity index (χ2n) is 6.82. The highest BCUT2D eigenvalue weighted by Crippen LogP contribution is 2.53. The lowest BCUT2D eigenvalue weighted by Gasteiger charge is -2.40. The monoisotopic (exact) mass is 348 g/mol. The van der Waals surface area contributed by atoms with Crippen LogP contribution >= 0.6 is 0 Å². The number of aryl methyl sites for hydroxylation is 1. The summed E-state index contributed by atoms with van der Waals surface area (Å²) in [6, 6.07) is 36.5. The van der Waals surface area contributed by atoms with Gasteiger partial charge >= 0.3 is 0 Å². The molecule has 0 saturated carbocycles. The maximum atomic E-state index is 2.36. The molecular formula is C25H20N2. The molecule has 4 aromatic rings. The Morgan fingerprint density at radius 3 is 1.44 bits per heavy atom. The largest absolute Gasteiger partial charge is 0.306 e. The molecule has 130 valence electrons. The summed E-state index contributed by atoms with van der Waals surface area (Å²) in [4.78, 5) is 4.71. The summed E-state index contributed by atoms with van der Waals surface area (Å²) in [6.07, 6.45) is 0. The summed E-state index contributed by atoms with van der Waals surface area (Å²) in [6.45, 7) is 2.15. The van der Waals surface area contributed by atoms with Gasteiger partial charge in [0, 0.05) is 11.4 Å². The van der Waals surface area contributed by atoms with Gasteiger partial charge in [-0.05, 0) is 61.0 Å². The molecule has 4 aromatic carbocycles. The van der Waals surface area contributed by atoms with Gasteiger partial charge in [-0.2, -0.15) is 0 Å². The minimum atomic E-state index is 1.17. The van der Waals surface area contributed by atoms with E-state index in [1.165, 1.54) is 39.7 Å². The second-order valence-corrected chi connectivity index (χ2v) is 6.82. The van der Waals surface area contributed by atoms with E-state index in [0.29, 0.717) is 0 Å². The summed E-state index contributed by atoms with van der Waals surface area (Å²) in [5.41, 5.74) is 8.35. The zero-order valence-corrected chi connectivity index (χ0v) is 15.2. The smallest absolute Gasteiger partial charge is 0.0705 e. The van der Waals surface area contributed by atoms with Crippen LogP contribution in [0.3, 0.4) is 0 Å². The van der Waals surface area contributed by atoms with Crippen molar-refractivity contribution in [2.75, 3.05) is 9.80 Å². The highest BCUT2D eigenvalue weighted by Gasteiger charge is 2.29. The van der Waals surface area contributed by atoms with E-state index in [4.69, 9.17) is 0 Å². The molecule has 0 unspecified atom stereocenters. The van der Waals surface area contributed by atoms with Crippen LogP contribution in [0.5, 0.6) is 0 Å². The molecule has 0 radical (unpaired) electrons. The van der Waals surface area contributed by atoms with E-state index in [9.17, 15) is 0 Å². The van der Waals surface area contributed by atoms with Crippen LogP contribution in [-0.2, 0) is 0 Å². The molecule has 2 nitrogen and oxygen atoms in total. The molecule has 0 aliphatic carbocycles. The minimum Gasteiger partial charge on any atom is -0.306 e. The van der Waals surface area contributed by atoms with Crippen molar-refractivity contribution < 1.29 is 0 Å². The number of hydrogen-bond acceptors (Lipinski definition) is 2. The van der Waals surface area contributed by atoms with E-state index < -0.39 is 0 Å². The Morgan fingerprint density at radius 2 is 0.889 bits per heavy atom. The first-order chi connectivity index (χ1) is 13.3. The normalized spacial score (nSPS) is 12.5. The van der Waals surface area contributed by atoms with Gasteiger partial charge in [-0.25, -0.2) is 0 Å². The molecule has 0 atom stereocenters. The average Bonchev–Trinajstić information content (AvgIpc) is 2.73. The Labute approximate surface area is 159 Å². The predicted octanol–water partition coefficient (Wildman–Crippen LogP) is 7.25. The predicted molar refractivity (Wildman–Crippen MR) is 114 cm³/mol. The topological polar surface area (TPSA) is 6.48 Å². The molecule has 1 aliphatic rings. The van der Waals surface area contributed by atoms with Crippen LogP contribution in [0, 0.1) is 6.92 Å². The van der Waals surface area contributed by atoms with E-state index in [-0.39, 0.29) is 0 Å². The lowest BCUT2D eigenvalue weighted by molar-refractivity contribution is 1.16. The third-order valence-electron chi connectivity index (χ3n) is 5.01. The maximum absolute atomic E-state index is 2.36. The van der Waals surface area contributed by atoms with Crippen molar-refractivity contribution >= 4 is 34.1 Å². The van der Waals surface area contributed by atoms with Gasteiger partial charge in [0.2, 0.25) is 0 Å². The van der Waals surface area contributed by atoms with Gasteiger partial charge in [0.1, 0.15) is 0 Å². The number of anilines is 6. The van der Waals surface area contributed by atoms with E-state index in [1.54, 1.807) is 0 Å². The second kappa shape index (κ2) is 6.33. The molecule has 2 heteroatoms. The van der Waals surface area contributed by atoms with E-state index in [2.05, 4.69) is 120 Å². The number of para-hydroxylation sites is 4. The van der Waals surface area contributed by atoms with Crippen LogP contribution in [0.15, 0.2) is 103 Å². The van der Waals surface area contributed by atoms with Crippen molar-refractivity contribution in [3.05, 3.63) is 109 Å². The van der Waals surface area contributed by atoms with Crippen molar-refractivity contribution in [2.24, 2.45) is 0 Å². The van der Waals surface area contributed by atoms with Crippen LogP contribution in [0.4, 0.5) is 34.1 Å². The molecule has 0 spiro atoms. The van der Waals surface area contributed by atoms with Gasteiger partial charge in [0.05, 0.1) is 22.7 Å². The van der Waals surface area contributed by atoms with Crippen molar-refractivity contribution in [2.45, 2.75) is 6.92 Å². The number of nitrogens with zero attached hydrogens (tertiary/aromatic N) is 2. The quantitative estimate of drug-likeness (QED) is 0.331. The first-order valence-electron chi connectivity index (χ1n) is 9.23. The molecule has 5 rings (SSSR count). The average molecular weight is 348 g/mol. The third kappa shape index (κ3) is 2.58. The van der Waals surface area contributed by atoms with Crippen molar-refractivity contribution in [3.63, 3.8) is 0 Å². The van der Waals surface area contributed by atoms with Crippen LogP contribution in [0.25, 0.3) is 0 Å². The third-order valence-corrected chi connectivity index (χ3v) is 5.01. The summed E-state index contributed by atoms with van der Waals surface area (Å²) < 4.78 is 0. The Kier molecular flexibility index (Phi) is 3.68. The van der Waals surface area contributed by atoms with Gasteiger partial charge < -0.3 is 9.80 Å². The van der Waals surface area contributed by atoms with E-state index in [1.807, 2.05) is 0 Å². The van der Waals surface area contributed by atoms with Crippen molar-refractivity contribution in [1.82, 2.24) is 0 Å². The minimum absolute atomic E-state index is 1.17. The Hall–Kier alpha value is -3.52. The van der Waals surface area contributed by atoms with Crippen molar-refractivity contribution in [3.8, 4) is 0 Å². The maximum Gasteiger partial charge on any atom is 0.0705 e. The first-order valence-corrected chi connectivity index (χ1v) is 9.23. The zero-order chi connectivity index (χ0) is 18.2.